The van der Waals surface area contributed by atoms with Crippen molar-refractivity contribution in [2.45, 2.75) is 37.2 Å². The molecule has 2 aliphatic rings. The van der Waals surface area contributed by atoms with E-state index in [1.165, 1.54) is 29.1 Å². The van der Waals surface area contributed by atoms with Crippen LogP contribution in [0.3, 0.4) is 0 Å². The number of hydrogen-bond acceptors (Lipinski definition) is 8. The lowest BCUT2D eigenvalue weighted by Crippen LogP contribution is -2.44. The highest BCUT2D eigenvalue weighted by Gasteiger charge is 2.38. The first-order valence-electron chi connectivity index (χ1n) is 13.1. The minimum atomic E-state index is -4.65. The number of anilines is 2. The van der Waals surface area contributed by atoms with Gasteiger partial charge in [-0.25, -0.2) is 9.97 Å². The van der Waals surface area contributed by atoms with Crippen LogP contribution in [-0.2, 0) is 11.0 Å². The first-order valence-corrected chi connectivity index (χ1v) is 13.5. The van der Waals surface area contributed by atoms with Crippen molar-refractivity contribution in [2.75, 3.05) is 25.0 Å². The number of carbonyl (C=O) groups is 2. The SMILES string of the molecule is O=C(N[C@@H]1CCN(C(=O)[C@@H]2C[C@@H](O)CN2)C1)c1ccc(Nc2nccn3c(-c4c[nH]nc4C(F)(F)F)cnc23)cc1Cl. The summed E-state index contributed by atoms with van der Waals surface area (Å²) in [6.45, 7) is 1.25. The number of β-amino-alcohol motifs (C(OH)–C–C–N with tert-alkyl or cyclic N) is 1. The molecule has 0 radical (unpaired) electrons. The summed E-state index contributed by atoms with van der Waals surface area (Å²) in [5.74, 6) is -0.219. The average Bonchev–Trinajstić information content (AvgIpc) is 3.74. The maximum Gasteiger partial charge on any atom is 0.435 e. The van der Waals surface area contributed by atoms with Gasteiger partial charge in [-0.05, 0) is 31.0 Å². The molecule has 42 heavy (non-hydrogen) atoms. The molecule has 16 heteroatoms. The number of H-pyrrole nitrogens is 1. The lowest BCUT2D eigenvalue weighted by Gasteiger charge is -2.21. The quantitative estimate of drug-likeness (QED) is 0.226. The number of amides is 2. The number of aliphatic hydroxyl groups is 1. The van der Waals surface area contributed by atoms with Crippen LogP contribution in [0.15, 0.2) is 43.0 Å². The molecule has 2 amide bonds. The molecule has 4 aromatic rings. The second-order valence-electron chi connectivity index (χ2n) is 10.2. The zero-order chi connectivity index (χ0) is 29.6. The molecular formula is C26H25ClF3N9O3. The van der Waals surface area contributed by atoms with Crippen LogP contribution < -0.4 is 16.0 Å². The molecule has 2 saturated heterocycles. The number of aliphatic hydroxyl groups excluding tert-OH is 1. The molecule has 0 bridgehead atoms. The molecule has 0 aliphatic carbocycles. The van der Waals surface area contributed by atoms with E-state index < -0.39 is 24.0 Å². The Labute approximate surface area is 241 Å². The predicted octanol–water partition coefficient (Wildman–Crippen LogP) is 2.59. The summed E-state index contributed by atoms with van der Waals surface area (Å²) in [6.07, 6.45) is 1.14. The van der Waals surface area contributed by atoms with Gasteiger partial charge in [0.25, 0.3) is 5.91 Å². The number of halogens is 4. The number of carbonyl (C=O) groups excluding carboxylic acids is 2. The highest BCUT2D eigenvalue weighted by molar-refractivity contribution is 6.34. The smallest absolute Gasteiger partial charge is 0.392 e. The Hall–Kier alpha value is -4.21. The molecule has 12 nitrogen and oxygen atoms in total. The molecule has 0 saturated carbocycles. The number of imidazole rings is 1. The molecule has 220 valence electrons. The number of nitrogens with zero attached hydrogens (tertiary/aromatic N) is 5. The molecule has 1 aromatic carbocycles. The summed E-state index contributed by atoms with van der Waals surface area (Å²) < 4.78 is 41.6. The maximum atomic E-state index is 13.4. The van der Waals surface area contributed by atoms with E-state index in [4.69, 9.17) is 11.6 Å². The molecule has 3 aromatic heterocycles. The first-order chi connectivity index (χ1) is 20.1. The Kier molecular flexibility index (Phi) is 7.24. The Morgan fingerprint density at radius 3 is 2.79 bits per heavy atom. The third kappa shape index (κ3) is 5.37. The molecule has 0 unspecified atom stereocenters. The van der Waals surface area contributed by atoms with E-state index in [0.717, 1.165) is 6.20 Å². The van der Waals surface area contributed by atoms with Crippen LogP contribution in [0.4, 0.5) is 24.7 Å². The Balaban J connectivity index is 1.13. The van der Waals surface area contributed by atoms with Gasteiger partial charge in [0.2, 0.25) is 5.91 Å². The van der Waals surface area contributed by atoms with Crippen LogP contribution in [0.2, 0.25) is 5.02 Å². The average molecular weight is 604 g/mol. The summed E-state index contributed by atoms with van der Waals surface area (Å²) in [5.41, 5.74) is -0.0622. The first kappa shape index (κ1) is 27.9. The number of aromatic nitrogens is 5. The normalized spacial score (nSPS) is 20.8. The number of aromatic amines is 1. The molecule has 2 fully saturated rings. The molecule has 3 atom stereocenters. The number of fused-ring (bicyclic) bond motifs is 1. The summed E-state index contributed by atoms with van der Waals surface area (Å²) in [6, 6.07) is 4.03. The largest absolute Gasteiger partial charge is 0.435 e. The van der Waals surface area contributed by atoms with Gasteiger partial charge in [0.15, 0.2) is 17.2 Å². The lowest BCUT2D eigenvalue weighted by atomic mass is 10.1. The molecule has 0 spiro atoms. The van der Waals surface area contributed by atoms with Crippen molar-refractivity contribution in [3.05, 3.63) is 59.3 Å². The van der Waals surface area contributed by atoms with Crippen LogP contribution >= 0.6 is 11.6 Å². The van der Waals surface area contributed by atoms with Gasteiger partial charge in [-0.2, -0.15) is 18.3 Å². The fourth-order valence-electron chi connectivity index (χ4n) is 5.29. The van der Waals surface area contributed by atoms with Crippen molar-refractivity contribution in [1.29, 1.82) is 0 Å². The van der Waals surface area contributed by atoms with Crippen molar-refractivity contribution in [3.63, 3.8) is 0 Å². The second-order valence-corrected chi connectivity index (χ2v) is 10.6. The summed E-state index contributed by atoms with van der Waals surface area (Å²) >= 11 is 6.45. The van der Waals surface area contributed by atoms with Gasteiger partial charge in [0.05, 0.1) is 40.2 Å². The maximum absolute atomic E-state index is 13.4. The Morgan fingerprint density at radius 1 is 1.21 bits per heavy atom. The standard InChI is InChI=1S/C26H25ClF3N9O3/c27-18-7-13(1-2-16(18)24(41)36-14-3-5-38(12-14)25(42)19-8-15(40)9-32-19)35-22-23-33-11-20(39(23)6-4-31-22)17-10-34-37-21(17)26(28,29)30/h1-2,4,6-7,10-11,14-15,19,32,40H,3,5,8-9,12H2,(H,31,35)(H,34,37)(H,36,41)/t14-,15-,19+/m1/s1. The minimum Gasteiger partial charge on any atom is -0.392 e. The zero-order valence-corrected chi connectivity index (χ0v) is 22.6. The van der Waals surface area contributed by atoms with E-state index in [9.17, 15) is 27.9 Å². The number of nitrogens with one attached hydrogen (secondary N) is 4. The Bertz CT molecular complexity index is 1660. The number of hydrogen-bond donors (Lipinski definition) is 5. The highest BCUT2D eigenvalue weighted by Crippen LogP contribution is 2.36. The molecule has 6 rings (SSSR count). The van der Waals surface area contributed by atoms with E-state index in [0.29, 0.717) is 38.2 Å². The summed E-state index contributed by atoms with van der Waals surface area (Å²) in [5, 5.41) is 24.4. The fourth-order valence-corrected chi connectivity index (χ4v) is 5.56. The summed E-state index contributed by atoms with van der Waals surface area (Å²) in [4.78, 5) is 35.9. The number of likely N-dealkylation sites (tertiary alicyclic amines) is 1. The van der Waals surface area contributed by atoms with Gasteiger partial charge in [-0.15, -0.1) is 0 Å². The minimum absolute atomic E-state index is 0.0875. The fraction of sp³-hybridized carbons (Fsp3) is 0.346. The number of rotatable bonds is 6. The van der Waals surface area contributed by atoms with E-state index in [-0.39, 0.29) is 51.2 Å². The van der Waals surface area contributed by atoms with Crippen molar-refractivity contribution < 1.29 is 27.9 Å². The third-order valence-corrected chi connectivity index (χ3v) is 7.64. The Morgan fingerprint density at radius 2 is 2.05 bits per heavy atom. The van der Waals surface area contributed by atoms with E-state index >= 15 is 0 Å². The van der Waals surface area contributed by atoms with Crippen LogP contribution in [-0.4, -0.2) is 84.2 Å². The second kappa shape index (κ2) is 10.9. The van der Waals surface area contributed by atoms with Crippen LogP contribution in [0.1, 0.15) is 28.9 Å². The van der Waals surface area contributed by atoms with E-state index in [2.05, 4.69) is 36.1 Å². The van der Waals surface area contributed by atoms with Gasteiger partial charge < -0.3 is 26.0 Å². The van der Waals surface area contributed by atoms with E-state index in [1.807, 2.05) is 0 Å². The van der Waals surface area contributed by atoms with Crippen molar-refractivity contribution in [2.24, 2.45) is 0 Å². The van der Waals surface area contributed by atoms with Gasteiger partial charge >= 0.3 is 6.18 Å². The predicted molar refractivity (Wildman–Crippen MR) is 145 cm³/mol. The van der Waals surface area contributed by atoms with Crippen molar-refractivity contribution in [1.82, 2.24) is 40.1 Å². The van der Waals surface area contributed by atoms with Gasteiger partial charge in [-0.1, -0.05) is 11.6 Å². The molecular weight excluding hydrogens is 579 g/mol. The summed E-state index contributed by atoms with van der Waals surface area (Å²) in [7, 11) is 0. The van der Waals surface area contributed by atoms with Gasteiger partial charge in [0, 0.05) is 50.0 Å². The lowest BCUT2D eigenvalue weighted by molar-refractivity contribution is -0.140. The molecule has 2 aliphatic heterocycles. The topological polar surface area (TPSA) is 153 Å². The third-order valence-electron chi connectivity index (χ3n) is 7.33. The van der Waals surface area contributed by atoms with Crippen LogP contribution in [0, 0.1) is 0 Å². The van der Waals surface area contributed by atoms with Crippen LogP contribution in [0.5, 0.6) is 0 Å². The molecule has 5 heterocycles. The molecule has 5 N–H and O–H groups in total. The van der Waals surface area contributed by atoms with Crippen molar-refractivity contribution >= 4 is 40.6 Å². The monoisotopic (exact) mass is 603 g/mol. The highest BCUT2D eigenvalue weighted by atomic mass is 35.5. The van der Waals surface area contributed by atoms with E-state index in [1.54, 1.807) is 17.0 Å². The zero-order valence-electron chi connectivity index (χ0n) is 21.8. The number of benzene rings is 1. The van der Waals surface area contributed by atoms with Crippen molar-refractivity contribution in [3.8, 4) is 11.3 Å². The van der Waals surface area contributed by atoms with Crippen LogP contribution in [0.25, 0.3) is 16.9 Å². The van der Waals surface area contributed by atoms with Gasteiger partial charge in [0.1, 0.15) is 0 Å². The number of alkyl halides is 3. The van der Waals surface area contributed by atoms with Gasteiger partial charge in [-0.3, -0.25) is 19.1 Å².